The maximum absolute atomic E-state index is 5.91. The van der Waals surface area contributed by atoms with Crippen molar-refractivity contribution >= 4 is 0 Å². The zero-order valence-electron chi connectivity index (χ0n) is 12.6. The molecule has 0 radical (unpaired) electrons. The van der Waals surface area contributed by atoms with E-state index in [-0.39, 0.29) is 11.7 Å². The summed E-state index contributed by atoms with van der Waals surface area (Å²) in [6.07, 6.45) is 2.15. The van der Waals surface area contributed by atoms with Gasteiger partial charge in [0, 0.05) is 11.0 Å². The zero-order chi connectivity index (χ0) is 13.9. The first-order valence-electron chi connectivity index (χ1n) is 7.37. The summed E-state index contributed by atoms with van der Waals surface area (Å²) in [5, 5.41) is 0. The van der Waals surface area contributed by atoms with Crippen molar-refractivity contribution in [3.63, 3.8) is 0 Å². The molecule has 1 aliphatic rings. The molecular formula is C17H26O2. The number of benzene rings is 1. The van der Waals surface area contributed by atoms with Crippen LogP contribution in [0.1, 0.15) is 63.9 Å². The minimum Gasteiger partial charge on any atom is -0.348 e. The molecular weight excluding hydrogens is 236 g/mol. The normalized spacial score (nSPS) is 27.7. The van der Waals surface area contributed by atoms with Crippen LogP contribution in [-0.4, -0.2) is 13.2 Å². The van der Waals surface area contributed by atoms with Crippen LogP contribution in [0.25, 0.3) is 0 Å². The quantitative estimate of drug-likeness (QED) is 0.785. The van der Waals surface area contributed by atoms with Gasteiger partial charge in [0.05, 0.1) is 13.2 Å². The van der Waals surface area contributed by atoms with Gasteiger partial charge in [0.25, 0.3) is 0 Å². The Labute approximate surface area is 117 Å². The maximum Gasteiger partial charge on any atom is 0.183 e. The Balaban J connectivity index is 1.97. The van der Waals surface area contributed by atoms with Gasteiger partial charge in [-0.15, -0.1) is 0 Å². The van der Waals surface area contributed by atoms with Gasteiger partial charge in [-0.3, -0.25) is 0 Å². The van der Waals surface area contributed by atoms with E-state index in [0.717, 1.165) is 25.2 Å². The van der Waals surface area contributed by atoms with Crippen molar-refractivity contribution in [3.8, 4) is 0 Å². The third-order valence-electron chi connectivity index (χ3n) is 3.90. The summed E-state index contributed by atoms with van der Waals surface area (Å²) in [5.74, 6) is 0.565. The highest BCUT2D eigenvalue weighted by Gasteiger charge is 2.32. The Morgan fingerprint density at radius 1 is 1.16 bits per heavy atom. The van der Waals surface area contributed by atoms with Crippen LogP contribution < -0.4 is 0 Å². The first-order chi connectivity index (χ1) is 9.04. The first-order valence-corrected chi connectivity index (χ1v) is 7.37. The predicted octanol–water partition coefficient (Wildman–Crippen LogP) is 4.66. The average molecular weight is 262 g/mol. The number of hydrogen-bond donors (Lipinski definition) is 0. The average Bonchev–Trinajstić information content (AvgIpc) is 2.40. The lowest BCUT2D eigenvalue weighted by molar-refractivity contribution is -0.231. The lowest BCUT2D eigenvalue weighted by Crippen LogP contribution is -2.36. The Morgan fingerprint density at radius 2 is 1.74 bits per heavy atom. The first kappa shape index (κ1) is 14.5. The van der Waals surface area contributed by atoms with E-state index >= 15 is 0 Å². The van der Waals surface area contributed by atoms with E-state index in [1.165, 1.54) is 12.0 Å². The third kappa shape index (κ3) is 3.58. The Morgan fingerprint density at radius 3 is 2.21 bits per heavy atom. The van der Waals surface area contributed by atoms with E-state index in [2.05, 4.69) is 52.0 Å². The fourth-order valence-electron chi connectivity index (χ4n) is 2.62. The Bertz CT molecular complexity index is 386. The highest BCUT2D eigenvalue weighted by molar-refractivity contribution is 5.25. The van der Waals surface area contributed by atoms with Crippen LogP contribution in [0.5, 0.6) is 0 Å². The molecule has 0 aromatic heterocycles. The van der Waals surface area contributed by atoms with Crippen molar-refractivity contribution in [1.82, 2.24) is 0 Å². The molecule has 2 rings (SSSR count). The summed E-state index contributed by atoms with van der Waals surface area (Å²) in [5.41, 5.74) is 2.67. The fraction of sp³-hybridized carbons (Fsp3) is 0.647. The van der Waals surface area contributed by atoms with Gasteiger partial charge >= 0.3 is 0 Å². The van der Waals surface area contributed by atoms with E-state index < -0.39 is 0 Å². The molecule has 1 heterocycles. The Hall–Kier alpha value is -0.860. The molecule has 0 N–H and O–H groups in total. The summed E-state index contributed by atoms with van der Waals surface area (Å²) < 4.78 is 11.8. The van der Waals surface area contributed by atoms with Gasteiger partial charge in [-0.2, -0.15) is 0 Å². The lowest BCUT2D eigenvalue weighted by atomic mass is 9.87. The van der Waals surface area contributed by atoms with Crippen molar-refractivity contribution in [2.45, 2.75) is 52.7 Å². The van der Waals surface area contributed by atoms with Gasteiger partial charge < -0.3 is 9.47 Å². The van der Waals surface area contributed by atoms with Crippen molar-refractivity contribution in [2.75, 3.05) is 13.2 Å². The standard InChI is InChI=1S/C17H26O2/c1-5-10-17(4)11-18-16(19-12-17)15-8-6-14(7-9-15)13(2)3/h6-9,13,16H,5,10-12H2,1-4H3. The van der Waals surface area contributed by atoms with E-state index in [1.54, 1.807) is 0 Å². The minimum absolute atomic E-state index is 0.184. The second kappa shape index (κ2) is 6.06. The molecule has 0 saturated carbocycles. The third-order valence-corrected chi connectivity index (χ3v) is 3.90. The van der Waals surface area contributed by atoms with Crippen LogP contribution in [0.3, 0.4) is 0 Å². The molecule has 0 unspecified atom stereocenters. The molecule has 1 aromatic rings. The molecule has 0 spiro atoms. The summed E-state index contributed by atoms with van der Waals surface area (Å²) in [7, 11) is 0. The smallest absolute Gasteiger partial charge is 0.183 e. The highest BCUT2D eigenvalue weighted by atomic mass is 16.7. The molecule has 1 aromatic carbocycles. The molecule has 106 valence electrons. The molecule has 0 aliphatic carbocycles. The van der Waals surface area contributed by atoms with Crippen LogP contribution >= 0.6 is 0 Å². The van der Waals surface area contributed by atoms with Crippen LogP contribution in [0.2, 0.25) is 0 Å². The van der Waals surface area contributed by atoms with Gasteiger partial charge in [0.1, 0.15) is 0 Å². The molecule has 2 nitrogen and oxygen atoms in total. The topological polar surface area (TPSA) is 18.5 Å². The molecule has 19 heavy (non-hydrogen) atoms. The van der Waals surface area contributed by atoms with Gasteiger partial charge in [-0.05, 0) is 17.9 Å². The van der Waals surface area contributed by atoms with Crippen LogP contribution in [-0.2, 0) is 9.47 Å². The van der Waals surface area contributed by atoms with E-state index in [4.69, 9.17) is 9.47 Å². The van der Waals surface area contributed by atoms with Crippen molar-refractivity contribution in [3.05, 3.63) is 35.4 Å². The van der Waals surface area contributed by atoms with Crippen LogP contribution in [0.4, 0.5) is 0 Å². The highest BCUT2D eigenvalue weighted by Crippen LogP contribution is 2.34. The van der Waals surface area contributed by atoms with E-state index in [9.17, 15) is 0 Å². The molecule has 1 saturated heterocycles. The van der Waals surface area contributed by atoms with Gasteiger partial charge in [-0.25, -0.2) is 0 Å². The molecule has 1 fully saturated rings. The van der Waals surface area contributed by atoms with Gasteiger partial charge in [-0.1, -0.05) is 58.4 Å². The zero-order valence-corrected chi connectivity index (χ0v) is 12.6. The Kier molecular flexibility index (Phi) is 4.64. The molecule has 0 bridgehead atoms. The van der Waals surface area contributed by atoms with Crippen molar-refractivity contribution < 1.29 is 9.47 Å². The van der Waals surface area contributed by atoms with E-state index in [1.807, 2.05) is 0 Å². The molecule has 2 heteroatoms. The number of hydrogen-bond acceptors (Lipinski definition) is 2. The fourth-order valence-corrected chi connectivity index (χ4v) is 2.62. The largest absolute Gasteiger partial charge is 0.348 e. The maximum atomic E-state index is 5.91. The summed E-state index contributed by atoms with van der Waals surface area (Å²) in [6.45, 7) is 10.4. The van der Waals surface area contributed by atoms with Crippen LogP contribution in [0, 0.1) is 5.41 Å². The van der Waals surface area contributed by atoms with E-state index in [0.29, 0.717) is 5.92 Å². The number of ether oxygens (including phenoxy) is 2. The summed E-state index contributed by atoms with van der Waals surface area (Å²) >= 11 is 0. The van der Waals surface area contributed by atoms with Gasteiger partial charge in [0.15, 0.2) is 6.29 Å². The number of rotatable bonds is 4. The summed E-state index contributed by atoms with van der Waals surface area (Å²) in [4.78, 5) is 0. The molecule has 0 atom stereocenters. The minimum atomic E-state index is -0.189. The van der Waals surface area contributed by atoms with Crippen LogP contribution in [0.15, 0.2) is 24.3 Å². The SMILES string of the molecule is CCCC1(C)COC(c2ccc(C(C)C)cc2)OC1. The lowest BCUT2D eigenvalue weighted by Gasteiger charge is -2.37. The predicted molar refractivity (Wildman–Crippen MR) is 78.2 cm³/mol. The monoisotopic (exact) mass is 262 g/mol. The van der Waals surface area contributed by atoms with Gasteiger partial charge in [0.2, 0.25) is 0 Å². The molecule has 0 amide bonds. The molecule has 1 aliphatic heterocycles. The summed E-state index contributed by atoms with van der Waals surface area (Å²) in [6, 6.07) is 8.60. The second-order valence-corrected chi connectivity index (χ2v) is 6.34. The van der Waals surface area contributed by atoms with Crippen molar-refractivity contribution in [1.29, 1.82) is 0 Å². The van der Waals surface area contributed by atoms with Crippen molar-refractivity contribution in [2.24, 2.45) is 5.41 Å². The second-order valence-electron chi connectivity index (χ2n) is 6.34.